The number of amides is 1. The van der Waals surface area contributed by atoms with Crippen LogP contribution in [0.4, 0.5) is 0 Å². The molecule has 23 heavy (non-hydrogen) atoms. The largest absolute Gasteiger partial charge is 0.492 e. The summed E-state index contributed by atoms with van der Waals surface area (Å²) in [5, 5.41) is 1.08. The van der Waals surface area contributed by atoms with Crippen molar-refractivity contribution in [3.05, 3.63) is 28.2 Å². The van der Waals surface area contributed by atoms with Gasteiger partial charge in [-0.3, -0.25) is 4.79 Å². The minimum absolute atomic E-state index is 0.220. The van der Waals surface area contributed by atoms with Gasteiger partial charge in [0.1, 0.15) is 5.75 Å². The van der Waals surface area contributed by atoms with Crippen molar-refractivity contribution >= 4 is 29.1 Å². The topological polar surface area (TPSA) is 29.5 Å². The number of nitrogens with zero attached hydrogens (tertiary/aromatic N) is 1. The average Bonchev–Trinajstić information content (AvgIpc) is 2.53. The number of carbonyl (C=O) groups excluding carboxylic acids is 1. The molecule has 0 unspecified atom stereocenters. The molecule has 0 aliphatic heterocycles. The van der Waals surface area contributed by atoms with Crippen molar-refractivity contribution in [2.24, 2.45) is 0 Å². The summed E-state index contributed by atoms with van der Waals surface area (Å²) < 4.78 is 5.62. The summed E-state index contributed by atoms with van der Waals surface area (Å²) in [7, 11) is 0. The SMILES string of the molecule is CCCCN(CCCC)C(=O)CCCOc1ccc(Cl)cc1Cl. The van der Waals surface area contributed by atoms with Crippen molar-refractivity contribution in [2.45, 2.75) is 52.4 Å². The van der Waals surface area contributed by atoms with E-state index in [2.05, 4.69) is 13.8 Å². The fourth-order valence-electron chi connectivity index (χ4n) is 2.22. The third kappa shape index (κ3) is 7.94. The highest BCUT2D eigenvalue weighted by Crippen LogP contribution is 2.27. The lowest BCUT2D eigenvalue weighted by Crippen LogP contribution is -2.33. The van der Waals surface area contributed by atoms with Gasteiger partial charge in [0.25, 0.3) is 0 Å². The summed E-state index contributed by atoms with van der Waals surface area (Å²) in [5.74, 6) is 0.829. The third-order valence-electron chi connectivity index (χ3n) is 3.60. The van der Waals surface area contributed by atoms with E-state index < -0.39 is 0 Å². The summed E-state index contributed by atoms with van der Waals surface area (Å²) in [6, 6.07) is 5.15. The van der Waals surface area contributed by atoms with E-state index in [1.54, 1.807) is 18.2 Å². The van der Waals surface area contributed by atoms with Gasteiger partial charge in [-0.05, 0) is 37.5 Å². The molecule has 0 radical (unpaired) electrons. The van der Waals surface area contributed by atoms with Crippen LogP contribution in [0.2, 0.25) is 10.0 Å². The van der Waals surface area contributed by atoms with E-state index in [9.17, 15) is 4.79 Å². The van der Waals surface area contributed by atoms with Gasteiger partial charge in [0.2, 0.25) is 5.91 Å². The number of halogens is 2. The Morgan fingerprint density at radius 3 is 2.30 bits per heavy atom. The second-order valence-corrected chi connectivity index (χ2v) is 6.46. The van der Waals surface area contributed by atoms with Gasteiger partial charge in [0, 0.05) is 24.5 Å². The van der Waals surface area contributed by atoms with Crippen molar-refractivity contribution in [3.8, 4) is 5.75 Å². The van der Waals surface area contributed by atoms with Crippen LogP contribution in [0.3, 0.4) is 0 Å². The number of unbranched alkanes of at least 4 members (excludes halogenated alkanes) is 2. The summed E-state index contributed by atoms with van der Waals surface area (Å²) in [6.45, 7) is 6.49. The average molecular weight is 360 g/mol. The van der Waals surface area contributed by atoms with Crippen LogP contribution < -0.4 is 4.74 Å². The van der Waals surface area contributed by atoms with Crippen LogP contribution in [0, 0.1) is 0 Å². The first-order valence-electron chi connectivity index (χ1n) is 8.44. The molecule has 1 amide bonds. The smallest absolute Gasteiger partial charge is 0.222 e. The Balaban J connectivity index is 2.35. The predicted molar refractivity (Wildman–Crippen MR) is 97.6 cm³/mol. The van der Waals surface area contributed by atoms with E-state index in [4.69, 9.17) is 27.9 Å². The maximum Gasteiger partial charge on any atom is 0.222 e. The molecule has 0 atom stereocenters. The summed E-state index contributed by atoms with van der Waals surface area (Å²) in [6.07, 6.45) is 5.53. The molecule has 0 bridgehead atoms. The van der Waals surface area contributed by atoms with E-state index in [1.807, 2.05) is 4.90 Å². The molecular formula is C18H27Cl2NO2. The maximum absolute atomic E-state index is 12.3. The minimum Gasteiger partial charge on any atom is -0.492 e. The van der Waals surface area contributed by atoms with Crippen LogP contribution >= 0.6 is 23.2 Å². The Morgan fingerprint density at radius 2 is 1.74 bits per heavy atom. The zero-order chi connectivity index (χ0) is 17.1. The molecule has 0 aliphatic carbocycles. The number of carbonyl (C=O) groups is 1. The Hall–Kier alpha value is -0.930. The zero-order valence-electron chi connectivity index (χ0n) is 14.1. The Bertz CT molecular complexity index is 472. The maximum atomic E-state index is 12.3. The first-order valence-corrected chi connectivity index (χ1v) is 9.19. The quantitative estimate of drug-likeness (QED) is 0.482. The van der Waals surface area contributed by atoms with E-state index in [-0.39, 0.29) is 5.91 Å². The molecule has 0 aliphatic rings. The molecular weight excluding hydrogens is 333 g/mol. The highest BCUT2D eigenvalue weighted by Gasteiger charge is 2.12. The van der Waals surface area contributed by atoms with Crippen molar-refractivity contribution in [1.29, 1.82) is 0 Å². The second kappa shape index (κ2) is 11.6. The third-order valence-corrected chi connectivity index (χ3v) is 4.13. The van der Waals surface area contributed by atoms with Gasteiger partial charge < -0.3 is 9.64 Å². The Labute approximate surface area is 149 Å². The fraction of sp³-hybridized carbons (Fsp3) is 0.611. The molecule has 1 rings (SSSR count). The number of hydrogen-bond donors (Lipinski definition) is 0. The molecule has 0 saturated heterocycles. The van der Waals surface area contributed by atoms with Crippen molar-refractivity contribution in [3.63, 3.8) is 0 Å². The van der Waals surface area contributed by atoms with Crippen molar-refractivity contribution < 1.29 is 9.53 Å². The molecule has 1 aromatic carbocycles. The molecule has 0 saturated carbocycles. The normalized spacial score (nSPS) is 10.6. The van der Waals surface area contributed by atoms with E-state index in [0.29, 0.717) is 35.2 Å². The van der Waals surface area contributed by atoms with Gasteiger partial charge in [-0.1, -0.05) is 49.9 Å². The predicted octanol–water partition coefficient (Wildman–Crippen LogP) is 5.58. The van der Waals surface area contributed by atoms with E-state index in [1.165, 1.54) is 0 Å². The fourth-order valence-corrected chi connectivity index (χ4v) is 2.68. The Kier molecular flexibility index (Phi) is 10.1. The molecule has 0 heterocycles. The van der Waals surface area contributed by atoms with Crippen LogP contribution in [0.1, 0.15) is 52.4 Å². The lowest BCUT2D eigenvalue weighted by molar-refractivity contribution is -0.131. The highest BCUT2D eigenvalue weighted by molar-refractivity contribution is 6.35. The van der Waals surface area contributed by atoms with Crippen molar-refractivity contribution in [1.82, 2.24) is 4.90 Å². The molecule has 5 heteroatoms. The van der Waals surface area contributed by atoms with Crippen molar-refractivity contribution in [2.75, 3.05) is 19.7 Å². The first-order chi connectivity index (χ1) is 11.1. The molecule has 0 spiro atoms. The molecule has 0 fully saturated rings. The minimum atomic E-state index is 0.220. The lowest BCUT2D eigenvalue weighted by atomic mass is 10.2. The molecule has 0 N–H and O–H groups in total. The first kappa shape index (κ1) is 20.1. The standard InChI is InChI=1S/C18H27Cl2NO2/c1-3-5-11-21(12-6-4-2)18(22)8-7-13-23-17-10-9-15(19)14-16(17)20/h9-10,14H,3-8,11-13H2,1-2H3. The van der Waals surface area contributed by atoms with Gasteiger partial charge in [-0.15, -0.1) is 0 Å². The van der Waals surface area contributed by atoms with Gasteiger partial charge in [-0.25, -0.2) is 0 Å². The summed E-state index contributed by atoms with van der Waals surface area (Å²) >= 11 is 11.9. The molecule has 0 aromatic heterocycles. The number of ether oxygens (including phenoxy) is 1. The van der Waals surface area contributed by atoms with Crippen LogP contribution in [0.25, 0.3) is 0 Å². The van der Waals surface area contributed by atoms with E-state index in [0.717, 1.165) is 38.8 Å². The van der Waals surface area contributed by atoms with Gasteiger partial charge >= 0.3 is 0 Å². The Morgan fingerprint density at radius 1 is 1.09 bits per heavy atom. The molecule has 130 valence electrons. The van der Waals surface area contributed by atoms with Crippen LogP contribution in [-0.4, -0.2) is 30.5 Å². The lowest BCUT2D eigenvalue weighted by Gasteiger charge is -2.22. The summed E-state index contributed by atoms with van der Waals surface area (Å²) in [4.78, 5) is 14.3. The van der Waals surface area contributed by atoms with E-state index >= 15 is 0 Å². The van der Waals surface area contributed by atoms with Gasteiger partial charge in [0.05, 0.1) is 11.6 Å². The van der Waals surface area contributed by atoms with Gasteiger partial charge in [0.15, 0.2) is 0 Å². The number of rotatable bonds is 11. The molecule has 3 nitrogen and oxygen atoms in total. The second-order valence-electron chi connectivity index (χ2n) is 5.61. The van der Waals surface area contributed by atoms with Crippen LogP contribution in [0.5, 0.6) is 5.75 Å². The number of hydrogen-bond acceptors (Lipinski definition) is 2. The van der Waals surface area contributed by atoms with Gasteiger partial charge in [-0.2, -0.15) is 0 Å². The monoisotopic (exact) mass is 359 g/mol. The van der Waals surface area contributed by atoms with Crippen LogP contribution in [-0.2, 0) is 4.79 Å². The summed E-state index contributed by atoms with van der Waals surface area (Å²) in [5.41, 5.74) is 0. The van der Waals surface area contributed by atoms with Crippen LogP contribution in [0.15, 0.2) is 18.2 Å². The number of benzene rings is 1. The molecule has 1 aromatic rings. The zero-order valence-corrected chi connectivity index (χ0v) is 15.6. The highest BCUT2D eigenvalue weighted by atomic mass is 35.5.